The lowest BCUT2D eigenvalue weighted by atomic mass is 9.49. The number of aryl methyl sites for hydroxylation is 1. The largest absolute Gasteiger partial charge is 0.484 e. The highest BCUT2D eigenvalue weighted by molar-refractivity contribution is 7.13. The lowest BCUT2D eigenvalue weighted by Crippen LogP contribution is -2.48. The monoisotopic (exact) mass is 382 g/mol. The Bertz CT molecular complexity index is 824. The topological polar surface area (TPSA) is 51.2 Å². The molecule has 1 aromatic carbocycles. The summed E-state index contributed by atoms with van der Waals surface area (Å²) in [5, 5.41) is 5.81. The van der Waals surface area contributed by atoms with Crippen LogP contribution in [0.4, 0.5) is 5.13 Å². The molecule has 4 aliphatic rings. The van der Waals surface area contributed by atoms with Gasteiger partial charge in [-0.05, 0) is 80.9 Å². The van der Waals surface area contributed by atoms with Crippen molar-refractivity contribution < 1.29 is 9.53 Å². The third-order valence-corrected chi connectivity index (χ3v) is 7.45. The highest BCUT2D eigenvalue weighted by Crippen LogP contribution is 2.60. The molecular formula is C22H26N2O2S. The van der Waals surface area contributed by atoms with Gasteiger partial charge in [-0.3, -0.25) is 10.1 Å². The smallest absolute Gasteiger partial charge is 0.264 e. The van der Waals surface area contributed by atoms with Gasteiger partial charge in [0.1, 0.15) is 5.75 Å². The van der Waals surface area contributed by atoms with Gasteiger partial charge in [0, 0.05) is 10.8 Å². The average molecular weight is 383 g/mol. The summed E-state index contributed by atoms with van der Waals surface area (Å²) in [6.45, 7) is 2.02. The minimum atomic E-state index is -0.150. The highest BCUT2D eigenvalue weighted by atomic mass is 32.1. The van der Waals surface area contributed by atoms with Gasteiger partial charge in [-0.15, -0.1) is 11.3 Å². The molecule has 4 nitrogen and oxygen atoms in total. The Kier molecular flexibility index (Phi) is 4.23. The van der Waals surface area contributed by atoms with Gasteiger partial charge in [0.15, 0.2) is 11.7 Å². The lowest BCUT2D eigenvalue weighted by molar-refractivity contribution is -0.118. The highest BCUT2D eigenvalue weighted by Gasteiger charge is 2.52. The van der Waals surface area contributed by atoms with E-state index in [4.69, 9.17) is 9.72 Å². The summed E-state index contributed by atoms with van der Waals surface area (Å²) in [4.78, 5) is 17.1. The summed E-state index contributed by atoms with van der Waals surface area (Å²) < 4.78 is 5.59. The number of hydrogen-bond donors (Lipinski definition) is 1. The molecule has 4 fully saturated rings. The number of benzene rings is 1. The standard InChI is InChI=1S/C22H26N2O2S/c1-14-3-2-4-18(5-14)26-12-20(25)24-21-23-19(13-27-21)22-9-15-6-16(10-22)8-17(7-15)11-22/h2-5,13,15-17H,6-12H2,1H3,(H,23,24,25). The number of ether oxygens (including phenoxy) is 1. The van der Waals surface area contributed by atoms with Gasteiger partial charge in [-0.2, -0.15) is 0 Å². The zero-order chi connectivity index (χ0) is 18.4. The van der Waals surface area contributed by atoms with Crippen LogP contribution in [-0.2, 0) is 10.2 Å². The molecule has 0 atom stereocenters. The van der Waals surface area contributed by atoms with Crippen molar-refractivity contribution in [1.29, 1.82) is 0 Å². The van der Waals surface area contributed by atoms with E-state index in [1.54, 1.807) is 11.3 Å². The second kappa shape index (κ2) is 6.62. The van der Waals surface area contributed by atoms with Crippen LogP contribution in [0.1, 0.15) is 49.8 Å². The number of rotatable bonds is 5. The first-order valence-corrected chi connectivity index (χ1v) is 10.9. The fourth-order valence-corrected chi connectivity index (χ4v) is 6.86. The normalized spacial score (nSPS) is 31.1. The van der Waals surface area contributed by atoms with Crippen LogP contribution in [0.3, 0.4) is 0 Å². The first-order valence-electron chi connectivity index (χ1n) is 10.0. The molecule has 4 saturated carbocycles. The molecule has 4 bridgehead atoms. The number of anilines is 1. The molecule has 0 saturated heterocycles. The van der Waals surface area contributed by atoms with Crippen LogP contribution in [0.5, 0.6) is 5.75 Å². The van der Waals surface area contributed by atoms with Crippen molar-refractivity contribution in [2.45, 2.75) is 50.9 Å². The molecule has 1 aromatic heterocycles. The van der Waals surface area contributed by atoms with Crippen molar-refractivity contribution in [3.05, 3.63) is 40.9 Å². The Labute approximate surface area is 164 Å². The maximum atomic E-state index is 12.3. The van der Waals surface area contributed by atoms with Gasteiger partial charge in [0.25, 0.3) is 5.91 Å². The Morgan fingerprint density at radius 1 is 1.22 bits per heavy atom. The summed E-state index contributed by atoms with van der Waals surface area (Å²) in [5.74, 6) is 3.28. The minimum absolute atomic E-state index is 0.00965. The molecule has 1 N–H and O–H groups in total. The van der Waals surface area contributed by atoms with Crippen LogP contribution in [0.15, 0.2) is 29.6 Å². The summed E-state index contributed by atoms with van der Waals surface area (Å²) in [6.07, 6.45) is 8.20. The van der Waals surface area contributed by atoms with E-state index in [2.05, 4.69) is 10.7 Å². The van der Waals surface area contributed by atoms with Crippen LogP contribution < -0.4 is 10.1 Å². The Morgan fingerprint density at radius 2 is 1.93 bits per heavy atom. The van der Waals surface area contributed by atoms with Crippen molar-refractivity contribution >= 4 is 22.4 Å². The van der Waals surface area contributed by atoms with E-state index in [0.717, 1.165) is 29.1 Å². The third-order valence-electron chi connectivity index (χ3n) is 6.69. The molecule has 1 heterocycles. The van der Waals surface area contributed by atoms with E-state index in [0.29, 0.717) is 5.13 Å². The second-order valence-corrected chi connectivity index (χ2v) is 9.75. The maximum absolute atomic E-state index is 12.3. The molecule has 0 aliphatic heterocycles. The quantitative estimate of drug-likeness (QED) is 0.797. The van der Waals surface area contributed by atoms with Crippen LogP contribution in [-0.4, -0.2) is 17.5 Å². The molecule has 4 aliphatic carbocycles. The summed E-state index contributed by atoms with van der Waals surface area (Å²) >= 11 is 1.55. The fourth-order valence-electron chi connectivity index (χ4n) is 6.01. The minimum Gasteiger partial charge on any atom is -0.484 e. The number of nitrogens with zero attached hydrogens (tertiary/aromatic N) is 1. The molecule has 0 unspecified atom stereocenters. The molecule has 5 heteroatoms. The zero-order valence-corrected chi connectivity index (χ0v) is 16.6. The molecular weight excluding hydrogens is 356 g/mol. The number of amides is 1. The van der Waals surface area contributed by atoms with Gasteiger partial charge < -0.3 is 4.74 Å². The van der Waals surface area contributed by atoms with Gasteiger partial charge in [-0.1, -0.05) is 12.1 Å². The van der Waals surface area contributed by atoms with Gasteiger partial charge in [-0.25, -0.2) is 4.98 Å². The lowest BCUT2D eigenvalue weighted by Gasteiger charge is -2.56. The summed E-state index contributed by atoms with van der Waals surface area (Å²) in [7, 11) is 0. The second-order valence-electron chi connectivity index (χ2n) is 8.89. The van der Waals surface area contributed by atoms with Crippen molar-refractivity contribution in [1.82, 2.24) is 4.98 Å². The van der Waals surface area contributed by atoms with Gasteiger partial charge in [0.2, 0.25) is 0 Å². The number of hydrogen-bond acceptors (Lipinski definition) is 4. The Morgan fingerprint density at radius 3 is 2.59 bits per heavy atom. The van der Waals surface area contributed by atoms with E-state index >= 15 is 0 Å². The molecule has 0 radical (unpaired) electrons. The first kappa shape index (κ1) is 17.2. The number of carbonyl (C=O) groups excluding carboxylic acids is 1. The van der Waals surface area contributed by atoms with E-state index in [1.165, 1.54) is 44.2 Å². The van der Waals surface area contributed by atoms with Crippen molar-refractivity contribution in [3.8, 4) is 5.75 Å². The molecule has 0 spiro atoms. The number of carbonyl (C=O) groups is 1. The predicted molar refractivity (Wildman–Crippen MR) is 107 cm³/mol. The van der Waals surface area contributed by atoms with Crippen molar-refractivity contribution in [3.63, 3.8) is 0 Å². The third kappa shape index (κ3) is 3.38. The molecule has 6 rings (SSSR count). The predicted octanol–water partition coefficient (Wildman–Crippen LogP) is 4.94. The summed E-state index contributed by atoms with van der Waals surface area (Å²) in [6, 6.07) is 7.74. The van der Waals surface area contributed by atoms with Crippen LogP contribution >= 0.6 is 11.3 Å². The van der Waals surface area contributed by atoms with E-state index in [-0.39, 0.29) is 17.9 Å². The van der Waals surface area contributed by atoms with Crippen molar-refractivity contribution in [2.75, 3.05) is 11.9 Å². The Balaban J connectivity index is 1.23. The van der Waals surface area contributed by atoms with Gasteiger partial charge in [0.05, 0.1) is 5.69 Å². The zero-order valence-electron chi connectivity index (χ0n) is 15.7. The van der Waals surface area contributed by atoms with Gasteiger partial charge >= 0.3 is 0 Å². The van der Waals surface area contributed by atoms with E-state index in [9.17, 15) is 4.79 Å². The first-order chi connectivity index (χ1) is 13.1. The van der Waals surface area contributed by atoms with Crippen LogP contribution in [0.2, 0.25) is 0 Å². The fraction of sp³-hybridized carbons (Fsp3) is 0.545. The van der Waals surface area contributed by atoms with E-state index in [1.807, 2.05) is 31.2 Å². The SMILES string of the molecule is Cc1cccc(OCC(=O)Nc2nc(C34CC5CC(CC(C5)C3)C4)cs2)c1. The number of thiazole rings is 1. The number of aromatic nitrogens is 1. The molecule has 142 valence electrons. The van der Waals surface area contributed by atoms with Crippen LogP contribution in [0, 0.1) is 24.7 Å². The van der Waals surface area contributed by atoms with Crippen molar-refractivity contribution in [2.24, 2.45) is 17.8 Å². The molecule has 27 heavy (non-hydrogen) atoms. The average Bonchev–Trinajstić information content (AvgIpc) is 3.08. The van der Waals surface area contributed by atoms with Crippen LogP contribution in [0.25, 0.3) is 0 Å². The van der Waals surface area contributed by atoms with E-state index < -0.39 is 0 Å². The maximum Gasteiger partial charge on any atom is 0.264 e. The number of nitrogens with one attached hydrogen (secondary N) is 1. The summed E-state index contributed by atoms with van der Waals surface area (Å²) in [5.41, 5.74) is 2.63. The Hall–Kier alpha value is -1.88. The molecule has 2 aromatic rings. The molecule has 1 amide bonds.